The maximum absolute atomic E-state index is 11.3. The van der Waals surface area contributed by atoms with Gasteiger partial charge in [0.15, 0.2) is 0 Å². The minimum Gasteiger partial charge on any atom is -0.206 e. The van der Waals surface area contributed by atoms with Crippen LogP contribution in [0, 0.1) is 12.3 Å². The molecule has 0 spiro atoms. The van der Waals surface area contributed by atoms with E-state index in [-0.39, 0.29) is 10.8 Å². The van der Waals surface area contributed by atoms with Gasteiger partial charge in [-0.25, -0.2) is 8.42 Å². The van der Waals surface area contributed by atoms with E-state index in [0.29, 0.717) is 0 Å². The van der Waals surface area contributed by atoms with Gasteiger partial charge in [-0.3, -0.25) is 0 Å². The fourth-order valence-electron chi connectivity index (χ4n) is 0.624. The van der Waals surface area contributed by atoms with Crippen molar-refractivity contribution in [1.82, 2.24) is 4.72 Å². The molecule has 0 aliphatic rings. The molecule has 0 bridgehead atoms. The Balaban J connectivity index is 2.83. The lowest BCUT2D eigenvalue weighted by atomic mass is 10.7. The molecule has 1 N–H and O–H groups in total. The van der Waals surface area contributed by atoms with E-state index in [1.807, 2.05) is 0 Å². The third-order valence-corrected chi connectivity index (χ3v) is 3.92. The molecule has 0 radical (unpaired) electrons. The Labute approximate surface area is 75.5 Å². The predicted octanol–water partition coefficient (Wildman–Crippen LogP) is 0.660. The molecule has 0 fully saturated rings. The van der Waals surface area contributed by atoms with Gasteiger partial charge >= 0.3 is 0 Å². The zero-order valence-corrected chi connectivity index (χ0v) is 7.78. The summed E-state index contributed by atoms with van der Waals surface area (Å²) in [5.74, 6) is 2.20. The van der Waals surface area contributed by atoms with Crippen molar-refractivity contribution < 1.29 is 8.42 Å². The molecule has 0 unspecified atom stereocenters. The first kappa shape index (κ1) is 9.26. The van der Waals surface area contributed by atoms with E-state index in [0.717, 1.165) is 11.3 Å². The van der Waals surface area contributed by atoms with Crippen LogP contribution in [-0.2, 0) is 10.0 Å². The van der Waals surface area contributed by atoms with Crippen LogP contribution < -0.4 is 4.72 Å². The SMILES string of the molecule is C#CCNS(=O)(=O)c1cccs1. The lowest BCUT2D eigenvalue weighted by Crippen LogP contribution is -2.22. The molecular formula is C7H7NO2S2. The first-order valence-corrected chi connectivity index (χ1v) is 5.50. The zero-order chi connectivity index (χ0) is 9.03. The molecule has 0 amide bonds. The molecule has 0 saturated heterocycles. The number of thiophene rings is 1. The van der Waals surface area contributed by atoms with E-state index in [4.69, 9.17) is 6.42 Å². The van der Waals surface area contributed by atoms with E-state index in [2.05, 4.69) is 10.6 Å². The van der Waals surface area contributed by atoms with Gasteiger partial charge in [0, 0.05) is 0 Å². The van der Waals surface area contributed by atoms with Gasteiger partial charge in [-0.1, -0.05) is 12.0 Å². The van der Waals surface area contributed by atoms with Gasteiger partial charge in [-0.2, -0.15) is 4.72 Å². The van der Waals surface area contributed by atoms with Crippen molar-refractivity contribution in [3.63, 3.8) is 0 Å². The van der Waals surface area contributed by atoms with Crippen molar-refractivity contribution in [2.24, 2.45) is 0 Å². The fraction of sp³-hybridized carbons (Fsp3) is 0.143. The molecule has 0 saturated carbocycles. The van der Waals surface area contributed by atoms with Gasteiger partial charge in [0.05, 0.1) is 6.54 Å². The maximum Gasteiger partial charge on any atom is 0.250 e. The summed E-state index contributed by atoms with van der Waals surface area (Å²) >= 11 is 1.16. The van der Waals surface area contributed by atoms with Crippen molar-refractivity contribution in [3.8, 4) is 12.3 Å². The van der Waals surface area contributed by atoms with Crippen molar-refractivity contribution in [1.29, 1.82) is 0 Å². The second-order valence-corrected chi connectivity index (χ2v) is 4.90. The van der Waals surface area contributed by atoms with Gasteiger partial charge in [-0.05, 0) is 11.4 Å². The molecule has 5 heteroatoms. The summed E-state index contributed by atoms with van der Waals surface area (Å²) in [5, 5.41) is 1.70. The standard InChI is InChI=1S/C7H7NO2S2/c1-2-5-8-12(9,10)7-4-3-6-11-7/h1,3-4,6,8H,5H2. The average molecular weight is 201 g/mol. The van der Waals surface area contributed by atoms with E-state index in [9.17, 15) is 8.42 Å². The first-order chi connectivity index (χ1) is 5.67. The summed E-state index contributed by atoms with van der Waals surface area (Å²) in [6.07, 6.45) is 4.92. The number of terminal acetylenes is 1. The van der Waals surface area contributed by atoms with E-state index in [1.54, 1.807) is 11.4 Å². The van der Waals surface area contributed by atoms with Gasteiger partial charge in [0.2, 0.25) is 0 Å². The largest absolute Gasteiger partial charge is 0.250 e. The monoisotopic (exact) mass is 201 g/mol. The van der Waals surface area contributed by atoms with Crippen LogP contribution in [0.2, 0.25) is 0 Å². The van der Waals surface area contributed by atoms with Crippen LogP contribution in [0.4, 0.5) is 0 Å². The van der Waals surface area contributed by atoms with Gasteiger partial charge in [0.1, 0.15) is 4.21 Å². The highest BCUT2D eigenvalue weighted by Gasteiger charge is 2.12. The fourth-order valence-corrected chi connectivity index (χ4v) is 2.60. The highest BCUT2D eigenvalue weighted by Crippen LogP contribution is 2.14. The van der Waals surface area contributed by atoms with Crippen molar-refractivity contribution in [2.45, 2.75) is 4.21 Å². The molecule has 1 rings (SSSR count). The Morgan fingerprint density at radius 3 is 2.92 bits per heavy atom. The Morgan fingerprint density at radius 1 is 1.67 bits per heavy atom. The topological polar surface area (TPSA) is 46.2 Å². The third kappa shape index (κ3) is 2.08. The highest BCUT2D eigenvalue weighted by molar-refractivity contribution is 7.91. The molecule has 0 aromatic carbocycles. The summed E-state index contributed by atoms with van der Waals surface area (Å²) in [6.45, 7) is 0.0280. The maximum atomic E-state index is 11.3. The van der Waals surface area contributed by atoms with Crippen LogP contribution in [0.1, 0.15) is 0 Å². The Kier molecular flexibility index (Phi) is 2.87. The minimum absolute atomic E-state index is 0.0280. The molecule has 0 aliphatic carbocycles. The summed E-state index contributed by atoms with van der Waals surface area (Å²) < 4.78 is 25.1. The summed E-state index contributed by atoms with van der Waals surface area (Å²) in [4.78, 5) is 0. The first-order valence-electron chi connectivity index (χ1n) is 3.13. The number of hydrogen-bond acceptors (Lipinski definition) is 3. The molecule has 64 valence electrons. The van der Waals surface area contributed by atoms with Gasteiger partial charge in [-0.15, -0.1) is 17.8 Å². The van der Waals surface area contributed by atoms with Crippen molar-refractivity contribution >= 4 is 21.4 Å². The average Bonchev–Trinajstić information content (AvgIpc) is 2.53. The third-order valence-electron chi connectivity index (χ3n) is 1.12. The van der Waals surface area contributed by atoms with Crippen LogP contribution in [0.3, 0.4) is 0 Å². The molecule has 1 aromatic heterocycles. The van der Waals surface area contributed by atoms with Crippen LogP contribution in [0.25, 0.3) is 0 Å². The zero-order valence-electron chi connectivity index (χ0n) is 6.15. The molecule has 0 aliphatic heterocycles. The molecule has 1 heterocycles. The second-order valence-electron chi connectivity index (χ2n) is 1.96. The molecular weight excluding hydrogens is 194 g/mol. The molecule has 1 aromatic rings. The van der Waals surface area contributed by atoms with Gasteiger partial charge < -0.3 is 0 Å². The van der Waals surface area contributed by atoms with Crippen LogP contribution in [0.5, 0.6) is 0 Å². The van der Waals surface area contributed by atoms with Crippen molar-refractivity contribution in [3.05, 3.63) is 17.5 Å². The van der Waals surface area contributed by atoms with Crippen LogP contribution >= 0.6 is 11.3 Å². The minimum atomic E-state index is -3.35. The Bertz CT molecular complexity index is 372. The van der Waals surface area contributed by atoms with Crippen molar-refractivity contribution in [2.75, 3.05) is 6.54 Å². The number of hydrogen-bond donors (Lipinski definition) is 1. The summed E-state index contributed by atoms with van der Waals surface area (Å²) in [5.41, 5.74) is 0. The number of sulfonamides is 1. The number of rotatable bonds is 3. The van der Waals surface area contributed by atoms with Crippen LogP contribution in [-0.4, -0.2) is 15.0 Å². The van der Waals surface area contributed by atoms with Gasteiger partial charge in [0.25, 0.3) is 10.0 Å². The van der Waals surface area contributed by atoms with E-state index < -0.39 is 10.0 Å². The molecule has 0 atom stereocenters. The van der Waals surface area contributed by atoms with E-state index >= 15 is 0 Å². The van der Waals surface area contributed by atoms with E-state index in [1.165, 1.54) is 6.07 Å². The Hall–Kier alpha value is -0.830. The summed E-state index contributed by atoms with van der Waals surface area (Å²) in [7, 11) is -3.35. The molecule has 12 heavy (non-hydrogen) atoms. The Morgan fingerprint density at radius 2 is 2.42 bits per heavy atom. The number of nitrogens with one attached hydrogen (secondary N) is 1. The van der Waals surface area contributed by atoms with Crippen LogP contribution in [0.15, 0.2) is 21.7 Å². The predicted molar refractivity (Wildman–Crippen MR) is 48.3 cm³/mol. The lowest BCUT2D eigenvalue weighted by molar-refractivity contribution is 0.588. The quantitative estimate of drug-likeness (QED) is 0.730. The highest BCUT2D eigenvalue weighted by atomic mass is 32.2. The summed E-state index contributed by atoms with van der Waals surface area (Å²) in [6, 6.07) is 3.21. The molecule has 3 nitrogen and oxygen atoms in total. The second kappa shape index (κ2) is 3.72. The lowest BCUT2D eigenvalue weighted by Gasteiger charge is -1.98. The smallest absolute Gasteiger partial charge is 0.206 e. The normalized spacial score (nSPS) is 10.9.